The molecule has 5 nitrogen and oxygen atoms in total. The fraction of sp³-hybridized carbons (Fsp3) is 0.467. The average molecular weight is 310 g/mol. The first-order valence-electron chi connectivity index (χ1n) is 7.03. The van der Waals surface area contributed by atoms with Gasteiger partial charge in [0.1, 0.15) is 0 Å². The lowest BCUT2D eigenvalue weighted by molar-refractivity contribution is 0.109. The lowest BCUT2D eigenvalue weighted by Crippen LogP contribution is -2.25. The second-order valence-electron chi connectivity index (χ2n) is 5.14. The van der Waals surface area contributed by atoms with Crippen molar-refractivity contribution >= 4 is 12.4 Å². The summed E-state index contributed by atoms with van der Waals surface area (Å²) in [6.07, 6.45) is 2.62. The van der Waals surface area contributed by atoms with E-state index in [1.54, 1.807) is 0 Å². The predicted octanol–water partition coefficient (Wildman–Crippen LogP) is 2.74. The highest BCUT2D eigenvalue weighted by Crippen LogP contribution is 2.16. The Bertz CT molecular complexity index is 550. The fourth-order valence-electron chi connectivity index (χ4n) is 2.29. The van der Waals surface area contributed by atoms with E-state index < -0.39 is 0 Å². The molecule has 2 aromatic rings. The maximum Gasteiger partial charge on any atom is 0.240 e. The van der Waals surface area contributed by atoms with Gasteiger partial charge in [-0.1, -0.05) is 35.0 Å². The number of ether oxygens (including phenoxy) is 1. The molecule has 6 heteroatoms. The van der Waals surface area contributed by atoms with Crippen molar-refractivity contribution < 1.29 is 9.26 Å². The molecule has 1 aliphatic rings. The minimum Gasteiger partial charge on any atom is -0.377 e. The van der Waals surface area contributed by atoms with Crippen LogP contribution in [-0.2, 0) is 11.3 Å². The van der Waals surface area contributed by atoms with Crippen molar-refractivity contribution in [3.05, 3.63) is 35.7 Å². The third-order valence-electron chi connectivity index (χ3n) is 3.45. The van der Waals surface area contributed by atoms with Crippen molar-refractivity contribution in [3.63, 3.8) is 0 Å². The van der Waals surface area contributed by atoms with Gasteiger partial charge in [0.25, 0.3) is 0 Å². The van der Waals surface area contributed by atoms with E-state index in [0.717, 1.165) is 31.6 Å². The summed E-state index contributed by atoms with van der Waals surface area (Å²) < 4.78 is 10.8. The normalized spacial score (nSPS) is 17.7. The maximum absolute atomic E-state index is 5.55. The summed E-state index contributed by atoms with van der Waals surface area (Å²) in [5.41, 5.74) is 2.19. The maximum atomic E-state index is 5.55. The van der Waals surface area contributed by atoms with Gasteiger partial charge in [-0.05, 0) is 19.8 Å². The van der Waals surface area contributed by atoms with Gasteiger partial charge in [0.2, 0.25) is 11.7 Å². The lowest BCUT2D eigenvalue weighted by Gasteiger charge is -2.08. The molecule has 1 aliphatic heterocycles. The van der Waals surface area contributed by atoms with Gasteiger partial charge in [-0.25, -0.2) is 0 Å². The second kappa shape index (κ2) is 7.54. The van der Waals surface area contributed by atoms with Crippen LogP contribution in [0.2, 0.25) is 0 Å². The standard InChI is InChI=1S/C15H19N3O2.ClH/c1-11-4-6-12(7-5-11)15-17-14(20-18-15)10-16-9-13-3-2-8-19-13;/h4-7,13,16H,2-3,8-10H2,1H3;1H. The van der Waals surface area contributed by atoms with Crippen LogP contribution < -0.4 is 5.32 Å². The van der Waals surface area contributed by atoms with E-state index in [-0.39, 0.29) is 12.4 Å². The minimum atomic E-state index is 0. The summed E-state index contributed by atoms with van der Waals surface area (Å²) in [7, 11) is 0. The summed E-state index contributed by atoms with van der Waals surface area (Å²) in [6, 6.07) is 8.09. The quantitative estimate of drug-likeness (QED) is 0.920. The van der Waals surface area contributed by atoms with Crippen LogP contribution in [0.1, 0.15) is 24.3 Å². The van der Waals surface area contributed by atoms with Crippen molar-refractivity contribution in [1.29, 1.82) is 0 Å². The molecule has 0 bridgehead atoms. The zero-order valence-electron chi connectivity index (χ0n) is 12.0. The van der Waals surface area contributed by atoms with Gasteiger partial charge < -0.3 is 14.6 Å². The van der Waals surface area contributed by atoms with Crippen LogP contribution in [0.5, 0.6) is 0 Å². The molecular formula is C15H20ClN3O2. The number of aromatic nitrogens is 2. The molecule has 0 amide bonds. The van der Waals surface area contributed by atoms with E-state index in [1.165, 1.54) is 5.56 Å². The lowest BCUT2D eigenvalue weighted by atomic mass is 10.1. The first-order valence-corrected chi connectivity index (χ1v) is 7.03. The molecule has 1 aromatic heterocycles. The Balaban J connectivity index is 0.00000161. The number of nitrogens with one attached hydrogen (secondary N) is 1. The van der Waals surface area contributed by atoms with Crippen molar-refractivity contribution in [1.82, 2.24) is 15.5 Å². The van der Waals surface area contributed by atoms with Gasteiger partial charge >= 0.3 is 0 Å². The third kappa shape index (κ3) is 4.27. The molecule has 0 spiro atoms. The number of halogens is 1. The Hall–Kier alpha value is -1.43. The predicted molar refractivity (Wildman–Crippen MR) is 82.4 cm³/mol. The number of aryl methyl sites for hydroxylation is 1. The largest absolute Gasteiger partial charge is 0.377 e. The molecule has 1 saturated heterocycles. The minimum absolute atomic E-state index is 0. The topological polar surface area (TPSA) is 60.2 Å². The van der Waals surface area contributed by atoms with Crippen LogP contribution in [-0.4, -0.2) is 29.4 Å². The van der Waals surface area contributed by atoms with Gasteiger partial charge in [0.05, 0.1) is 12.6 Å². The second-order valence-corrected chi connectivity index (χ2v) is 5.14. The summed E-state index contributed by atoms with van der Waals surface area (Å²) in [5.74, 6) is 1.25. The highest BCUT2D eigenvalue weighted by atomic mass is 35.5. The van der Waals surface area contributed by atoms with Crippen LogP contribution in [0.3, 0.4) is 0 Å². The first-order chi connectivity index (χ1) is 9.81. The van der Waals surface area contributed by atoms with E-state index in [2.05, 4.69) is 22.4 Å². The van der Waals surface area contributed by atoms with Crippen molar-refractivity contribution in [2.24, 2.45) is 0 Å². The zero-order valence-corrected chi connectivity index (χ0v) is 12.9. The Labute approximate surface area is 130 Å². The Morgan fingerprint density at radius 1 is 1.29 bits per heavy atom. The molecule has 1 aromatic carbocycles. The highest BCUT2D eigenvalue weighted by Gasteiger charge is 2.15. The summed E-state index contributed by atoms with van der Waals surface area (Å²) in [6.45, 7) is 4.35. The zero-order chi connectivity index (χ0) is 13.8. The molecule has 21 heavy (non-hydrogen) atoms. The SMILES string of the molecule is Cc1ccc(-c2noc(CNCC3CCCO3)n2)cc1.Cl. The molecule has 0 aliphatic carbocycles. The summed E-state index contributed by atoms with van der Waals surface area (Å²) >= 11 is 0. The van der Waals surface area contributed by atoms with Crippen LogP contribution in [0.15, 0.2) is 28.8 Å². The van der Waals surface area contributed by atoms with Gasteiger partial charge in [-0.2, -0.15) is 4.98 Å². The van der Waals surface area contributed by atoms with Crippen LogP contribution in [0.25, 0.3) is 11.4 Å². The van der Waals surface area contributed by atoms with Crippen molar-refractivity contribution in [3.8, 4) is 11.4 Å². The molecule has 0 saturated carbocycles. The molecule has 1 atom stereocenters. The molecular weight excluding hydrogens is 290 g/mol. The van der Waals surface area contributed by atoms with Crippen molar-refractivity contribution in [2.75, 3.05) is 13.2 Å². The van der Waals surface area contributed by atoms with E-state index in [0.29, 0.717) is 24.4 Å². The smallest absolute Gasteiger partial charge is 0.240 e. The Morgan fingerprint density at radius 3 is 2.81 bits per heavy atom. The summed E-state index contributed by atoms with van der Waals surface area (Å²) in [5, 5.41) is 7.31. The Morgan fingerprint density at radius 2 is 2.10 bits per heavy atom. The molecule has 1 N–H and O–H groups in total. The number of hydrogen-bond donors (Lipinski definition) is 1. The Kier molecular flexibility index (Phi) is 5.73. The average Bonchev–Trinajstić information content (AvgIpc) is 3.11. The fourth-order valence-corrected chi connectivity index (χ4v) is 2.29. The number of benzene rings is 1. The van der Waals surface area contributed by atoms with E-state index >= 15 is 0 Å². The molecule has 0 radical (unpaired) electrons. The number of hydrogen-bond acceptors (Lipinski definition) is 5. The van der Waals surface area contributed by atoms with Crippen molar-refractivity contribution in [2.45, 2.75) is 32.4 Å². The van der Waals surface area contributed by atoms with Gasteiger partial charge in [-0.3, -0.25) is 0 Å². The van der Waals surface area contributed by atoms with Crippen LogP contribution in [0, 0.1) is 6.92 Å². The van der Waals surface area contributed by atoms with Crippen LogP contribution in [0.4, 0.5) is 0 Å². The molecule has 2 heterocycles. The molecule has 3 rings (SSSR count). The van der Waals surface area contributed by atoms with E-state index in [1.807, 2.05) is 24.3 Å². The molecule has 114 valence electrons. The number of nitrogens with zero attached hydrogens (tertiary/aromatic N) is 2. The third-order valence-corrected chi connectivity index (χ3v) is 3.45. The molecule has 1 unspecified atom stereocenters. The highest BCUT2D eigenvalue weighted by molar-refractivity contribution is 5.85. The molecule has 1 fully saturated rings. The number of rotatable bonds is 5. The van der Waals surface area contributed by atoms with Gasteiger partial charge in [0.15, 0.2) is 0 Å². The summed E-state index contributed by atoms with van der Waals surface area (Å²) in [4.78, 5) is 4.39. The van der Waals surface area contributed by atoms with Gasteiger partial charge in [0, 0.05) is 18.7 Å². The van der Waals surface area contributed by atoms with E-state index in [9.17, 15) is 0 Å². The van der Waals surface area contributed by atoms with Crippen LogP contribution >= 0.6 is 12.4 Å². The first kappa shape index (κ1) is 15.9. The monoisotopic (exact) mass is 309 g/mol. The van der Waals surface area contributed by atoms with E-state index in [4.69, 9.17) is 9.26 Å². The van der Waals surface area contributed by atoms with Gasteiger partial charge in [-0.15, -0.1) is 12.4 Å².